The highest BCUT2D eigenvalue weighted by Gasteiger charge is 2.27. The fourth-order valence-corrected chi connectivity index (χ4v) is 2.69. The van der Waals surface area contributed by atoms with E-state index in [0.717, 1.165) is 6.42 Å². The molecule has 1 unspecified atom stereocenters. The third-order valence-electron chi connectivity index (χ3n) is 3.48. The van der Waals surface area contributed by atoms with Gasteiger partial charge >= 0.3 is 6.09 Å². The Balaban J connectivity index is 1.97. The molecule has 16 heavy (non-hydrogen) atoms. The lowest BCUT2D eigenvalue weighted by Crippen LogP contribution is -2.21. The van der Waals surface area contributed by atoms with Gasteiger partial charge in [-0.3, -0.25) is 0 Å². The number of hydrogen-bond acceptors (Lipinski definition) is 2. The second-order valence-electron chi connectivity index (χ2n) is 4.49. The van der Waals surface area contributed by atoms with Gasteiger partial charge in [0.15, 0.2) is 0 Å². The van der Waals surface area contributed by atoms with Gasteiger partial charge in [0.1, 0.15) is 6.61 Å². The maximum Gasteiger partial charge on any atom is 0.407 e. The molecule has 0 aromatic heterocycles. The van der Waals surface area contributed by atoms with Crippen LogP contribution in [-0.2, 0) is 17.6 Å². The summed E-state index contributed by atoms with van der Waals surface area (Å²) in [6, 6.07) is 6.46. The fourth-order valence-electron chi connectivity index (χ4n) is 2.69. The van der Waals surface area contributed by atoms with Gasteiger partial charge in [-0.15, -0.1) is 0 Å². The second kappa shape index (κ2) is 3.81. The summed E-state index contributed by atoms with van der Waals surface area (Å²) in [5.74, 6) is 0. The lowest BCUT2D eigenvalue weighted by molar-refractivity contribution is 0.177. The standard InChI is InChI=1S/C13H15NO2/c15-13-14-12(8-16-13)11-7-3-5-9-4-1-2-6-10(9)11/h3,5,7,12H,1-2,4,6,8H2,(H,14,15). The fraction of sp³-hybridized carbons (Fsp3) is 0.462. The number of nitrogens with one attached hydrogen (secondary N) is 1. The lowest BCUT2D eigenvalue weighted by atomic mass is 9.86. The number of carbonyl (C=O) groups is 1. The molecule has 0 spiro atoms. The smallest absolute Gasteiger partial charge is 0.407 e. The summed E-state index contributed by atoms with van der Waals surface area (Å²) in [6.07, 6.45) is 4.55. The molecule has 3 heteroatoms. The molecule has 1 aromatic carbocycles. The molecular formula is C13H15NO2. The zero-order chi connectivity index (χ0) is 11.0. The number of alkyl carbamates (subject to hydrolysis) is 1. The summed E-state index contributed by atoms with van der Waals surface area (Å²) < 4.78 is 4.96. The number of cyclic esters (lactones) is 1. The van der Waals surface area contributed by atoms with Gasteiger partial charge in [0.2, 0.25) is 0 Å². The van der Waals surface area contributed by atoms with Crippen molar-refractivity contribution < 1.29 is 9.53 Å². The third-order valence-corrected chi connectivity index (χ3v) is 3.48. The lowest BCUT2D eigenvalue weighted by Gasteiger charge is -2.21. The van der Waals surface area contributed by atoms with Crippen LogP contribution in [0, 0.1) is 0 Å². The number of benzene rings is 1. The van der Waals surface area contributed by atoms with Gasteiger partial charge in [0.25, 0.3) is 0 Å². The highest BCUT2D eigenvalue weighted by Crippen LogP contribution is 2.29. The molecule has 1 atom stereocenters. The number of hydrogen-bond donors (Lipinski definition) is 1. The van der Waals surface area contributed by atoms with E-state index in [1.54, 1.807) is 0 Å². The van der Waals surface area contributed by atoms with Crippen LogP contribution < -0.4 is 5.32 Å². The summed E-state index contributed by atoms with van der Waals surface area (Å²) in [6.45, 7) is 0.468. The summed E-state index contributed by atoms with van der Waals surface area (Å²) in [5.41, 5.74) is 4.14. The Morgan fingerprint density at radius 1 is 1.25 bits per heavy atom. The number of ether oxygens (including phenoxy) is 1. The summed E-state index contributed by atoms with van der Waals surface area (Å²) in [7, 11) is 0. The Morgan fingerprint density at radius 3 is 2.94 bits per heavy atom. The van der Waals surface area contributed by atoms with E-state index in [2.05, 4.69) is 23.5 Å². The van der Waals surface area contributed by atoms with E-state index in [1.165, 1.54) is 36.0 Å². The third kappa shape index (κ3) is 1.56. The van der Waals surface area contributed by atoms with Crippen LogP contribution in [0.5, 0.6) is 0 Å². The maximum absolute atomic E-state index is 11.1. The van der Waals surface area contributed by atoms with Crippen molar-refractivity contribution in [2.24, 2.45) is 0 Å². The first-order valence-electron chi connectivity index (χ1n) is 5.88. The zero-order valence-corrected chi connectivity index (χ0v) is 9.16. The number of aryl methyl sites for hydroxylation is 1. The average molecular weight is 217 g/mol. The molecule has 2 aliphatic rings. The summed E-state index contributed by atoms with van der Waals surface area (Å²) in [5, 5.41) is 2.86. The minimum atomic E-state index is -0.293. The van der Waals surface area contributed by atoms with E-state index in [4.69, 9.17) is 4.74 Å². The molecule has 1 aromatic rings. The van der Waals surface area contributed by atoms with Crippen molar-refractivity contribution in [2.45, 2.75) is 31.7 Å². The van der Waals surface area contributed by atoms with Crippen molar-refractivity contribution in [3.05, 3.63) is 34.9 Å². The maximum atomic E-state index is 11.1. The Kier molecular flexibility index (Phi) is 2.31. The Bertz CT molecular complexity index is 428. The van der Waals surface area contributed by atoms with Crippen LogP contribution in [0.15, 0.2) is 18.2 Å². The first-order valence-corrected chi connectivity index (χ1v) is 5.88. The predicted octanol–water partition coefficient (Wildman–Crippen LogP) is 2.35. The zero-order valence-electron chi connectivity index (χ0n) is 9.16. The average Bonchev–Trinajstić information content (AvgIpc) is 2.75. The van der Waals surface area contributed by atoms with Crippen molar-refractivity contribution in [3.63, 3.8) is 0 Å². The number of rotatable bonds is 1. The second-order valence-corrected chi connectivity index (χ2v) is 4.49. The number of fused-ring (bicyclic) bond motifs is 1. The van der Waals surface area contributed by atoms with E-state index >= 15 is 0 Å². The highest BCUT2D eigenvalue weighted by molar-refractivity contribution is 5.70. The van der Waals surface area contributed by atoms with Crippen LogP contribution in [0.25, 0.3) is 0 Å². The van der Waals surface area contributed by atoms with E-state index < -0.39 is 0 Å². The van der Waals surface area contributed by atoms with Crippen LogP contribution >= 0.6 is 0 Å². The van der Waals surface area contributed by atoms with Crippen molar-refractivity contribution >= 4 is 6.09 Å². The van der Waals surface area contributed by atoms with Gasteiger partial charge in [-0.1, -0.05) is 18.2 Å². The topological polar surface area (TPSA) is 38.3 Å². The van der Waals surface area contributed by atoms with Crippen LogP contribution in [-0.4, -0.2) is 12.7 Å². The normalized spacial score (nSPS) is 23.5. The van der Waals surface area contributed by atoms with Gasteiger partial charge in [-0.05, 0) is 42.4 Å². The Labute approximate surface area is 94.8 Å². The van der Waals surface area contributed by atoms with Gasteiger partial charge in [0, 0.05) is 0 Å². The van der Waals surface area contributed by atoms with Crippen LogP contribution in [0.1, 0.15) is 35.6 Å². The quantitative estimate of drug-likeness (QED) is 0.784. The van der Waals surface area contributed by atoms with E-state index in [0.29, 0.717) is 6.61 Å². The molecule has 1 fully saturated rings. The van der Waals surface area contributed by atoms with Crippen molar-refractivity contribution in [1.29, 1.82) is 0 Å². The van der Waals surface area contributed by atoms with E-state index in [9.17, 15) is 4.79 Å². The van der Waals surface area contributed by atoms with Gasteiger partial charge in [-0.2, -0.15) is 0 Å². The molecule has 1 saturated heterocycles. The molecular weight excluding hydrogens is 202 g/mol. The van der Waals surface area contributed by atoms with Crippen LogP contribution in [0.3, 0.4) is 0 Å². The first-order chi connectivity index (χ1) is 7.84. The number of amides is 1. The minimum absolute atomic E-state index is 0.0561. The van der Waals surface area contributed by atoms with Crippen molar-refractivity contribution in [3.8, 4) is 0 Å². The molecule has 0 bridgehead atoms. The summed E-state index contributed by atoms with van der Waals surface area (Å²) in [4.78, 5) is 11.1. The molecule has 0 radical (unpaired) electrons. The highest BCUT2D eigenvalue weighted by atomic mass is 16.6. The molecule has 84 valence electrons. The van der Waals surface area contributed by atoms with Crippen LogP contribution in [0.4, 0.5) is 4.79 Å². The molecule has 1 N–H and O–H groups in total. The SMILES string of the molecule is O=C1NC(c2cccc3c2CCCC3)CO1. The summed E-state index contributed by atoms with van der Waals surface area (Å²) >= 11 is 0. The van der Waals surface area contributed by atoms with Gasteiger partial charge in [-0.25, -0.2) is 4.79 Å². The molecule has 1 aliphatic carbocycles. The largest absolute Gasteiger partial charge is 0.447 e. The Hall–Kier alpha value is -1.51. The van der Waals surface area contributed by atoms with E-state index in [1.807, 2.05) is 0 Å². The monoisotopic (exact) mass is 217 g/mol. The molecule has 1 amide bonds. The molecule has 3 nitrogen and oxygen atoms in total. The van der Waals surface area contributed by atoms with Crippen LogP contribution in [0.2, 0.25) is 0 Å². The molecule has 1 aliphatic heterocycles. The number of carbonyl (C=O) groups excluding carboxylic acids is 1. The van der Waals surface area contributed by atoms with Gasteiger partial charge < -0.3 is 10.1 Å². The predicted molar refractivity (Wildman–Crippen MR) is 60.3 cm³/mol. The molecule has 1 heterocycles. The van der Waals surface area contributed by atoms with Gasteiger partial charge in [0.05, 0.1) is 6.04 Å². The van der Waals surface area contributed by atoms with E-state index in [-0.39, 0.29) is 12.1 Å². The molecule has 3 rings (SSSR count). The minimum Gasteiger partial charge on any atom is -0.447 e. The molecule has 0 saturated carbocycles. The Morgan fingerprint density at radius 2 is 2.12 bits per heavy atom. The van der Waals surface area contributed by atoms with Crippen molar-refractivity contribution in [1.82, 2.24) is 5.32 Å². The first kappa shape index (κ1) is 9.70. The van der Waals surface area contributed by atoms with Crippen molar-refractivity contribution in [2.75, 3.05) is 6.61 Å².